The zero-order valence-corrected chi connectivity index (χ0v) is 12.1. The minimum atomic E-state index is -0.673. The van der Waals surface area contributed by atoms with Gasteiger partial charge < -0.3 is 14.8 Å². The zero-order chi connectivity index (χ0) is 15.3. The molecule has 1 N–H and O–H groups in total. The summed E-state index contributed by atoms with van der Waals surface area (Å²) < 4.78 is 9.89. The van der Waals surface area contributed by atoms with Crippen LogP contribution in [0.3, 0.4) is 0 Å². The Labute approximate surface area is 118 Å². The van der Waals surface area contributed by atoms with E-state index in [-0.39, 0.29) is 24.7 Å². The van der Waals surface area contributed by atoms with Gasteiger partial charge in [0.05, 0.1) is 32.2 Å². The van der Waals surface area contributed by atoms with Crippen LogP contribution in [-0.4, -0.2) is 42.3 Å². The molecule has 0 aromatic rings. The Bertz CT molecular complexity index is 459. The molecule has 1 rings (SSSR count). The Kier molecular flexibility index (Phi) is 4.97. The molecule has 0 aromatic carbocycles. The molecule has 0 aliphatic carbocycles. The maximum absolute atomic E-state index is 12.1. The SMILES string of the molecule is COC(=O)C1=CNC(CC#N)CN1C(=O)OC(C)(C)C. The molecule has 1 amide bonds. The first kappa shape index (κ1) is 15.8. The van der Waals surface area contributed by atoms with Gasteiger partial charge in [0.1, 0.15) is 11.3 Å². The molecule has 0 bridgehead atoms. The molecule has 20 heavy (non-hydrogen) atoms. The summed E-state index contributed by atoms with van der Waals surface area (Å²) in [5.41, 5.74) is -0.607. The van der Waals surface area contributed by atoms with E-state index in [0.29, 0.717) is 0 Å². The van der Waals surface area contributed by atoms with Gasteiger partial charge in [0.25, 0.3) is 0 Å². The van der Waals surface area contributed by atoms with Crippen molar-refractivity contribution in [3.8, 4) is 6.07 Å². The van der Waals surface area contributed by atoms with Gasteiger partial charge in [-0.2, -0.15) is 5.26 Å². The highest BCUT2D eigenvalue weighted by atomic mass is 16.6. The van der Waals surface area contributed by atoms with E-state index in [0.717, 1.165) is 0 Å². The molecule has 7 heteroatoms. The lowest BCUT2D eigenvalue weighted by molar-refractivity contribution is -0.138. The second-order valence-electron chi connectivity index (χ2n) is 5.34. The number of nitrogens with one attached hydrogen (secondary N) is 1. The second-order valence-corrected chi connectivity index (χ2v) is 5.34. The van der Waals surface area contributed by atoms with E-state index in [2.05, 4.69) is 10.1 Å². The molecule has 1 aliphatic heterocycles. The third-order valence-electron chi connectivity index (χ3n) is 2.50. The zero-order valence-electron chi connectivity index (χ0n) is 12.1. The summed E-state index contributed by atoms with van der Waals surface area (Å²) in [7, 11) is 1.23. The molecule has 110 valence electrons. The number of carbonyl (C=O) groups excluding carboxylic acids is 2. The highest BCUT2D eigenvalue weighted by Crippen LogP contribution is 2.18. The molecule has 1 unspecified atom stereocenters. The average molecular weight is 281 g/mol. The van der Waals surface area contributed by atoms with E-state index >= 15 is 0 Å². The van der Waals surface area contributed by atoms with Crippen molar-refractivity contribution in [3.63, 3.8) is 0 Å². The largest absolute Gasteiger partial charge is 0.464 e. The predicted octanol–water partition coefficient (Wildman–Crippen LogP) is 1.12. The number of carbonyl (C=O) groups is 2. The Morgan fingerprint density at radius 3 is 2.70 bits per heavy atom. The van der Waals surface area contributed by atoms with E-state index in [1.165, 1.54) is 18.2 Å². The average Bonchev–Trinajstić information content (AvgIpc) is 2.36. The summed E-state index contributed by atoms with van der Waals surface area (Å²) in [6.07, 6.45) is 0.949. The number of esters is 1. The first-order chi connectivity index (χ1) is 9.28. The maximum atomic E-state index is 12.1. The minimum Gasteiger partial charge on any atom is -0.464 e. The van der Waals surface area contributed by atoms with Crippen molar-refractivity contribution in [3.05, 3.63) is 11.9 Å². The molecule has 0 spiro atoms. The van der Waals surface area contributed by atoms with Crippen LogP contribution < -0.4 is 5.32 Å². The third-order valence-corrected chi connectivity index (χ3v) is 2.50. The molecule has 0 saturated carbocycles. The van der Waals surface area contributed by atoms with Gasteiger partial charge in [-0.05, 0) is 20.8 Å². The summed E-state index contributed by atoms with van der Waals surface area (Å²) >= 11 is 0. The number of amides is 1. The van der Waals surface area contributed by atoms with E-state index < -0.39 is 17.7 Å². The number of hydrogen-bond donors (Lipinski definition) is 1. The monoisotopic (exact) mass is 281 g/mol. The van der Waals surface area contributed by atoms with Crippen LogP contribution in [0.4, 0.5) is 4.79 Å². The first-order valence-corrected chi connectivity index (χ1v) is 6.20. The predicted molar refractivity (Wildman–Crippen MR) is 70.2 cm³/mol. The highest BCUT2D eigenvalue weighted by molar-refractivity contribution is 5.92. The van der Waals surface area contributed by atoms with E-state index in [1.54, 1.807) is 20.8 Å². The molecule has 1 aliphatic rings. The van der Waals surface area contributed by atoms with Crippen molar-refractivity contribution < 1.29 is 19.1 Å². The summed E-state index contributed by atoms with van der Waals surface area (Å²) in [6, 6.07) is 1.77. The fourth-order valence-corrected chi connectivity index (χ4v) is 1.64. The lowest BCUT2D eigenvalue weighted by atomic mass is 10.1. The van der Waals surface area contributed by atoms with Gasteiger partial charge in [0.2, 0.25) is 0 Å². The van der Waals surface area contributed by atoms with Crippen molar-refractivity contribution in [1.82, 2.24) is 10.2 Å². The number of nitriles is 1. The van der Waals surface area contributed by atoms with Crippen molar-refractivity contribution in [1.29, 1.82) is 5.26 Å². The third kappa shape index (κ3) is 4.16. The molecule has 0 radical (unpaired) electrons. The van der Waals surface area contributed by atoms with Crippen LogP contribution in [0.5, 0.6) is 0 Å². The fourth-order valence-electron chi connectivity index (χ4n) is 1.64. The normalized spacial score (nSPS) is 18.4. The van der Waals surface area contributed by atoms with Crippen LogP contribution in [0, 0.1) is 11.3 Å². The Balaban J connectivity index is 2.94. The second kappa shape index (κ2) is 6.28. The molecule has 0 saturated heterocycles. The number of methoxy groups -OCH3 is 1. The lowest BCUT2D eigenvalue weighted by Gasteiger charge is -2.33. The van der Waals surface area contributed by atoms with Gasteiger partial charge >= 0.3 is 12.1 Å². The molecular formula is C13H19N3O4. The molecule has 1 heterocycles. The van der Waals surface area contributed by atoms with Crippen molar-refractivity contribution in [2.24, 2.45) is 0 Å². The van der Waals surface area contributed by atoms with Crippen molar-refractivity contribution in [2.75, 3.05) is 13.7 Å². The van der Waals surface area contributed by atoms with Crippen LogP contribution in [0.25, 0.3) is 0 Å². The number of ether oxygens (including phenoxy) is 2. The Morgan fingerprint density at radius 2 is 2.20 bits per heavy atom. The van der Waals surface area contributed by atoms with Gasteiger partial charge in [-0.1, -0.05) is 0 Å². The standard InChI is InChI=1S/C13H19N3O4/c1-13(2,3)20-12(18)16-8-9(5-6-14)15-7-10(16)11(17)19-4/h7,9,15H,5,8H2,1-4H3. The topological polar surface area (TPSA) is 91.7 Å². The van der Waals surface area contributed by atoms with Crippen LogP contribution in [-0.2, 0) is 14.3 Å². The lowest BCUT2D eigenvalue weighted by Crippen LogP contribution is -2.49. The molecule has 1 atom stereocenters. The van der Waals surface area contributed by atoms with Crippen molar-refractivity contribution >= 4 is 12.1 Å². The molecule has 0 aromatic heterocycles. The Morgan fingerprint density at radius 1 is 1.55 bits per heavy atom. The summed E-state index contributed by atoms with van der Waals surface area (Å²) in [5, 5.41) is 11.6. The first-order valence-electron chi connectivity index (χ1n) is 6.20. The van der Waals surface area contributed by atoms with Crippen LogP contribution in [0.2, 0.25) is 0 Å². The fraction of sp³-hybridized carbons (Fsp3) is 0.615. The van der Waals surface area contributed by atoms with E-state index in [4.69, 9.17) is 10.00 Å². The minimum absolute atomic E-state index is 0.0657. The number of nitrogens with zero attached hydrogens (tertiary/aromatic N) is 2. The quantitative estimate of drug-likeness (QED) is 0.763. The van der Waals surface area contributed by atoms with E-state index in [1.807, 2.05) is 6.07 Å². The smallest absolute Gasteiger partial charge is 0.415 e. The van der Waals surface area contributed by atoms with E-state index in [9.17, 15) is 9.59 Å². The van der Waals surface area contributed by atoms with Crippen LogP contribution >= 0.6 is 0 Å². The molecule has 0 fully saturated rings. The maximum Gasteiger partial charge on any atom is 0.415 e. The van der Waals surface area contributed by atoms with Gasteiger partial charge in [0, 0.05) is 6.20 Å². The summed E-state index contributed by atoms with van der Waals surface area (Å²) in [4.78, 5) is 25.0. The summed E-state index contributed by atoms with van der Waals surface area (Å²) in [6.45, 7) is 5.38. The van der Waals surface area contributed by atoms with Crippen molar-refractivity contribution in [2.45, 2.75) is 38.8 Å². The number of rotatable bonds is 2. The molecular weight excluding hydrogens is 262 g/mol. The Hall–Kier alpha value is -2.23. The van der Waals surface area contributed by atoms with Gasteiger partial charge in [-0.3, -0.25) is 4.90 Å². The van der Waals surface area contributed by atoms with Crippen LogP contribution in [0.15, 0.2) is 11.9 Å². The highest BCUT2D eigenvalue weighted by Gasteiger charge is 2.33. The van der Waals surface area contributed by atoms with Gasteiger partial charge in [0.15, 0.2) is 0 Å². The molecule has 7 nitrogen and oxygen atoms in total. The van der Waals surface area contributed by atoms with Gasteiger partial charge in [-0.25, -0.2) is 9.59 Å². The van der Waals surface area contributed by atoms with Crippen LogP contribution in [0.1, 0.15) is 27.2 Å². The summed E-state index contributed by atoms with van der Waals surface area (Å²) in [5.74, 6) is -0.640. The number of hydrogen-bond acceptors (Lipinski definition) is 6. The van der Waals surface area contributed by atoms with Gasteiger partial charge in [-0.15, -0.1) is 0 Å².